The third-order valence-electron chi connectivity index (χ3n) is 4.14. The van der Waals surface area contributed by atoms with Gasteiger partial charge < -0.3 is 4.90 Å². The van der Waals surface area contributed by atoms with Crippen LogP contribution in [0, 0.1) is 0 Å². The van der Waals surface area contributed by atoms with E-state index >= 15 is 0 Å². The summed E-state index contributed by atoms with van der Waals surface area (Å²) in [6.07, 6.45) is 3.84. The minimum atomic E-state index is -0.469. The summed E-state index contributed by atoms with van der Waals surface area (Å²) in [6, 6.07) is 7.75. The average molecular weight is 327 g/mol. The molecular weight excluding hydrogens is 304 g/mol. The predicted molar refractivity (Wildman–Crippen MR) is 90.7 cm³/mol. The number of amides is 1. The highest BCUT2D eigenvalue weighted by Crippen LogP contribution is 2.33. The van der Waals surface area contributed by atoms with Gasteiger partial charge in [0, 0.05) is 11.6 Å². The smallest absolute Gasteiger partial charge is 0.244 e. The van der Waals surface area contributed by atoms with Crippen LogP contribution in [0.15, 0.2) is 24.3 Å². The predicted octanol–water partition coefficient (Wildman–Crippen LogP) is 3.69. The van der Waals surface area contributed by atoms with Crippen molar-refractivity contribution in [3.05, 3.63) is 34.9 Å². The summed E-state index contributed by atoms with van der Waals surface area (Å²) >= 11 is 7.78. The Labute approximate surface area is 136 Å². The second kappa shape index (κ2) is 7.03. The Kier molecular flexibility index (Phi) is 5.58. The Morgan fingerprint density at radius 2 is 2.05 bits per heavy atom. The van der Waals surface area contributed by atoms with Crippen molar-refractivity contribution in [1.82, 2.24) is 10.2 Å². The van der Waals surface area contributed by atoms with E-state index in [2.05, 4.69) is 18.5 Å². The van der Waals surface area contributed by atoms with Crippen molar-refractivity contribution in [2.75, 3.05) is 18.6 Å². The standard InChI is InChI=1S/C16H23ClN2OS/c1-4-16(2)15(20)19(10-5-11-21-3)14(18-16)12-6-8-13(17)9-7-12/h6-9,14,18H,4-5,10-11H2,1-3H3. The molecule has 1 amide bonds. The quantitative estimate of drug-likeness (QED) is 0.809. The van der Waals surface area contributed by atoms with Gasteiger partial charge in [0.15, 0.2) is 0 Å². The number of rotatable bonds is 6. The molecule has 1 saturated heterocycles. The van der Waals surface area contributed by atoms with Crippen LogP contribution in [0.25, 0.3) is 0 Å². The molecule has 2 atom stereocenters. The number of hydrogen-bond acceptors (Lipinski definition) is 3. The first-order valence-corrected chi connectivity index (χ1v) is 9.12. The fourth-order valence-electron chi connectivity index (χ4n) is 2.65. The van der Waals surface area contributed by atoms with Crippen LogP contribution in [0.1, 0.15) is 38.4 Å². The summed E-state index contributed by atoms with van der Waals surface area (Å²) in [4.78, 5) is 14.7. The van der Waals surface area contributed by atoms with Gasteiger partial charge >= 0.3 is 0 Å². The Hall–Kier alpha value is -0.710. The first-order valence-electron chi connectivity index (χ1n) is 7.35. The third kappa shape index (κ3) is 3.55. The van der Waals surface area contributed by atoms with Gasteiger partial charge in [0.25, 0.3) is 0 Å². The third-order valence-corrected chi connectivity index (χ3v) is 5.09. The number of carbonyl (C=O) groups is 1. The number of nitrogens with one attached hydrogen (secondary N) is 1. The lowest BCUT2D eigenvalue weighted by molar-refractivity contribution is -0.133. The molecule has 2 rings (SSSR count). The lowest BCUT2D eigenvalue weighted by Gasteiger charge is -2.24. The molecule has 5 heteroatoms. The summed E-state index contributed by atoms with van der Waals surface area (Å²) in [6.45, 7) is 4.83. The van der Waals surface area contributed by atoms with Gasteiger partial charge in [-0.25, -0.2) is 0 Å². The second-order valence-corrected chi connectivity index (χ2v) is 7.05. The van der Waals surface area contributed by atoms with Crippen LogP contribution in [0.2, 0.25) is 5.02 Å². The number of nitrogens with zero attached hydrogens (tertiary/aromatic N) is 1. The zero-order valence-corrected chi connectivity index (χ0v) is 14.4. The number of thioether (sulfide) groups is 1. The van der Waals surface area contributed by atoms with Gasteiger partial charge in [0.2, 0.25) is 5.91 Å². The Bertz CT molecular complexity index is 494. The van der Waals surface area contributed by atoms with E-state index in [1.54, 1.807) is 0 Å². The molecule has 1 aliphatic rings. The van der Waals surface area contributed by atoms with Crippen molar-refractivity contribution in [2.45, 2.75) is 38.4 Å². The molecular formula is C16H23ClN2OS. The minimum absolute atomic E-state index is 0.0541. The molecule has 0 aliphatic carbocycles. The van der Waals surface area contributed by atoms with E-state index in [0.29, 0.717) is 0 Å². The van der Waals surface area contributed by atoms with Crippen LogP contribution in [0.3, 0.4) is 0 Å². The van der Waals surface area contributed by atoms with Crippen molar-refractivity contribution in [2.24, 2.45) is 0 Å². The molecule has 3 nitrogen and oxygen atoms in total. The molecule has 1 heterocycles. The van der Waals surface area contributed by atoms with Gasteiger partial charge in [-0.15, -0.1) is 0 Å². The van der Waals surface area contributed by atoms with Crippen LogP contribution in [0.5, 0.6) is 0 Å². The molecule has 1 aromatic carbocycles. The van der Waals surface area contributed by atoms with Crippen LogP contribution in [0.4, 0.5) is 0 Å². The fraction of sp³-hybridized carbons (Fsp3) is 0.562. The van der Waals surface area contributed by atoms with E-state index < -0.39 is 5.54 Å². The van der Waals surface area contributed by atoms with Gasteiger partial charge in [-0.1, -0.05) is 30.7 Å². The summed E-state index contributed by atoms with van der Waals surface area (Å²) < 4.78 is 0. The number of benzene rings is 1. The second-order valence-electron chi connectivity index (χ2n) is 5.63. The van der Waals surface area contributed by atoms with Gasteiger partial charge in [-0.3, -0.25) is 10.1 Å². The molecule has 0 radical (unpaired) electrons. The molecule has 1 aliphatic heterocycles. The number of carbonyl (C=O) groups excluding carboxylic acids is 1. The summed E-state index contributed by atoms with van der Waals surface area (Å²) in [5.41, 5.74) is 0.623. The summed E-state index contributed by atoms with van der Waals surface area (Å²) in [5.74, 6) is 1.27. The molecule has 21 heavy (non-hydrogen) atoms. The van der Waals surface area contributed by atoms with E-state index in [4.69, 9.17) is 11.6 Å². The average Bonchev–Trinajstić information content (AvgIpc) is 2.74. The summed E-state index contributed by atoms with van der Waals surface area (Å²) in [5, 5.41) is 4.22. The largest absolute Gasteiger partial charge is 0.321 e. The zero-order chi connectivity index (χ0) is 15.5. The first kappa shape index (κ1) is 16.7. The van der Waals surface area contributed by atoms with Gasteiger partial charge in [0.05, 0.1) is 5.54 Å². The number of halogens is 1. The highest BCUT2D eigenvalue weighted by atomic mass is 35.5. The van der Waals surface area contributed by atoms with E-state index in [1.807, 2.05) is 47.9 Å². The maximum absolute atomic E-state index is 12.7. The van der Waals surface area contributed by atoms with E-state index in [-0.39, 0.29) is 12.1 Å². The molecule has 0 saturated carbocycles. The first-order chi connectivity index (χ1) is 10.0. The Morgan fingerprint density at radius 3 is 2.62 bits per heavy atom. The Morgan fingerprint density at radius 1 is 1.38 bits per heavy atom. The number of hydrogen-bond donors (Lipinski definition) is 1. The van der Waals surface area contributed by atoms with Crippen molar-refractivity contribution < 1.29 is 4.79 Å². The maximum atomic E-state index is 12.7. The molecule has 1 N–H and O–H groups in total. The minimum Gasteiger partial charge on any atom is -0.321 e. The van der Waals surface area contributed by atoms with Crippen LogP contribution >= 0.6 is 23.4 Å². The molecule has 0 bridgehead atoms. The highest BCUT2D eigenvalue weighted by Gasteiger charge is 2.46. The topological polar surface area (TPSA) is 32.3 Å². The lowest BCUT2D eigenvalue weighted by Crippen LogP contribution is -2.43. The van der Waals surface area contributed by atoms with Crippen molar-refractivity contribution in [3.8, 4) is 0 Å². The van der Waals surface area contributed by atoms with Crippen LogP contribution in [-0.2, 0) is 4.79 Å². The lowest BCUT2D eigenvalue weighted by atomic mass is 9.99. The highest BCUT2D eigenvalue weighted by molar-refractivity contribution is 7.98. The SMILES string of the molecule is CCC1(C)NC(c2ccc(Cl)cc2)N(CCCSC)C1=O. The van der Waals surface area contributed by atoms with Crippen molar-refractivity contribution in [3.63, 3.8) is 0 Å². The molecule has 0 spiro atoms. The maximum Gasteiger partial charge on any atom is 0.244 e. The molecule has 2 unspecified atom stereocenters. The Balaban J connectivity index is 2.23. The molecule has 0 aromatic heterocycles. The fourth-order valence-corrected chi connectivity index (χ4v) is 3.19. The molecule has 1 fully saturated rings. The summed E-state index contributed by atoms with van der Waals surface area (Å²) in [7, 11) is 0. The molecule has 116 valence electrons. The van der Waals surface area contributed by atoms with E-state index in [0.717, 1.165) is 35.7 Å². The van der Waals surface area contributed by atoms with Gasteiger partial charge in [0.1, 0.15) is 6.17 Å². The van der Waals surface area contributed by atoms with Gasteiger partial charge in [-0.05, 0) is 49.5 Å². The van der Waals surface area contributed by atoms with E-state index in [1.165, 1.54) is 0 Å². The van der Waals surface area contributed by atoms with Crippen molar-refractivity contribution >= 4 is 29.3 Å². The van der Waals surface area contributed by atoms with E-state index in [9.17, 15) is 4.79 Å². The van der Waals surface area contributed by atoms with Gasteiger partial charge in [-0.2, -0.15) is 11.8 Å². The van der Waals surface area contributed by atoms with Crippen LogP contribution in [-0.4, -0.2) is 34.9 Å². The normalized spacial score (nSPS) is 25.6. The zero-order valence-electron chi connectivity index (χ0n) is 12.9. The monoisotopic (exact) mass is 326 g/mol. The van der Waals surface area contributed by atoms with Crippen LogP contribution < -0.4 is 5.32 Å². The van der Waals surface area contributed by atoms with Crippen molar-refractivity contribution in [1.29, 1.82) is 0 Å². The molecule has 1 aromatic rings.